The summed E-state index contributed by atoms with van der Waals surface area (Å²) in [6, 6.07) is 5.77. The Morgan fingerprint density at radius 2 is 2.24 bits per heavy atom. The predicted octanol–water partition coefficient (Wildman–Crippen LogP) is 1.67. The van der Waals surface area contributed by atoms with Crippen LogP contribution in [0.25, 0.3) is 0 Å². The second-order valence-electron chi connectivity index (χ2n) is 4.57. The lowest BCUT2D eigenvalue weighted by molar-refractivity contribution is 0.389. The lowest BCUT2D eigenvalue weighted by atomic mass is 9.98. The molecule has 2 N–H and O–H groups in total. The Balaban J connectivity index is 1.94. The zero-order valence-electron chi connectivity index (χ0n) is 10.2. The zero-order valence-corrected chi connectivity index (χ0v) is 10.2. The van der Waals surface area contributed by atoms with Gasteiger partial charge in [0.25, 0.3) is 0 Å². The van der Waals surface area contributed by atoms with Crippen molar-refractivity contribution in [3.05, 3.63) is 23.4 Å². The summed E-state index contributed by atoms with van der Waals surface area (Å²) in [5.74, 6) is 1.53. The molecule has 1 aliphatic rings. The van der Waals surface area contributed by atoms with Crippen LogP contribution in [0.15, 0.2) is 12.1 Å². The Bertz CT molecular complexity index is 416. The smallest absolute Gasteiger partial charge is 0.127 e. The maximum atomic E-state index is 8.89. The van der Waals surface area contributed by atoms with Crippen molar-refractivity contribution in [3.8, 4) is 6.07 Å². The van der Waals surface area contributed by atoms with E-state index in [1.54, 1.807) is 6.07 Å². The number of nitrogens with zero attached hydrogens (tertiary/aromatic N) is 2. The van der Waals surface area contributed by atoms with Crippen LogP contribution in [-0.4, -0.2) is 24.6 Å². The average Bonchev–Trinajstić information content (AvgIpc) is 2.37. The summed E-state index contributed by atoms with van der Waals surface area (Å²) in [5, 5.41) is 15.6. The molecule has 0 atom stereocenters. The highest BCUT2D eigenvalue weighted by atomic mass is 15.0. The van der Waals surface area contributed by atoms with Gasteiger partial charge in [0.2, 0.25) is 0 Å². The van der Waals surface area contributed by atoms with Crippen LogP contribution in [0, 0.1) is 24.2 Å². The van der Waals surface area contributed by atoms with Crippen molar-refractivity contribution in [2.45, 2.75) is 19.8 Å². The first kappa shape index (κ1) is 11.9. The van der Waals surface area contributed by atoms with Crippen LogP contribution in [0.2, 0.25) is 0 Å². The lowest BCUT2D eigenvalue weighted by Gasteiger charge is -2.23. The van der Waals surface area contributed by atoms with E-state index in [4.69, 9.17) is 5.26 Å². The van der Waals surface area contributed by atoms with Gasteiger partial charge in [0.1, 0.15) is 5.82 Å². The minimum Gasteiger partial charge on any atom is -0.370 e. The molecule has 1 aromatic rings. The van der Waals surface area contributed by atoms with Crippen LogP contribution in [0.3, 0.4) is 0 Å². The molecule has 1 saturated heterocycles. The summed E-state index contributed by atoms with van der Waals surface area (Å²) in [4.78, 5) is 4.39. The molecule has 4 heteroatoms. The van der Waals surface area contributed by atoms with Gasteiger partial charge >= 0.3 is 0 Å². The van der Waals surface area contributed by atoms with Crippen molar-refractivity contribution in [1.29, 1.82) is 5.26 Å². The minimum atomic E-state index is 0.672. The van der Waals surface area contributed by atoms with Crippen molar-refractivity contribution >= 4 is 5.82 Å². The van der Waals surface area contributed by atoms with E-state index < -0.39 is 0 Å². The Morgan fingerprint density at radius 1 is 1.47 bits per heavy atom. The summed E-state index contributed by atoms with van der Waals surface area (Å²) in [6.45, 7) is 5.08. The number of aryl methyl sites for hydroxylation is 1. The fraction of sp³-hybridized carbons (Fsp3) is 0.538. The second kappa shape index (κ2) is 5.65. The molecule has 0 aromatic carbocycles. The quantitative estimate of drug-likeness (QED) is 0.829. The summed E-state index contributed by atoms with van der Waals surface area (Å²) in [5.41, 5.74) is 1.56. The number of nitriles is 1. The van der Waals surface area contributed by atoms with Crippen molar-refractivity contribution in [1.82, 2.24) is 10.3 Å². The molecule has 2 heterocycles. The maximum absolute atomic E-state index is 8.89. The molecule has 90 valence electrons. The molecule has 1 fully saturated rings. The standard InChI is InChI=1S/C13H18N4/c1-10-6-12(8-14)7-13(17-10)16-9-11-2-4-15-5-3-11/h6-7,11,15H,2-5,9H2,1H3,(H,16,17). The summed E-state index contributed by atoms with van der Waals surface area (Å²) >= 11 is 0. The van der Waals surface area contributed by atoms with E-state index in [0.717, 1.165) is 31.1 Å². The third-order valence-electron chi connectivity index (χ3n) is 3.11. The van der Waals surface area contributed by atoms with Gasteiger partial charge in [-0.3, -0.25) is 0 Å². The molecule has 0 amide bonds. The molecule has 0 saturated carbocycles. The number of hydrogen-bond donors (Lipinski definition) is 2. The van der Waals surface area contributed by atoms with Gasteiger partial charge in [-0.15, -0.1) is 0 Å². The Morgan fingerprint density at radius 3 is 2.94 bits per heavy atom. The van der Waals surface area contributed by atoms with E-state index in [1.165, 1.54) is 12.8 Å². The maximum Gasteiger partial charge on any atom is 0.127 e. The lowest BCUT2D eigenvalue weighted by Crippen LogP contribution is -2.31. The summed E-state index contributed by atoms with van der Waals surface area (Å²) < 4.78 is 0. The molecule has 0 radical (unpaired) electrons. The van der Waals surface area contributed by atoms with Crippen LogP contribution >= 0.6 is 0 Å². The zero-order chi connectivity index (χ0) is 12.1. The van der Waals surface area contributed by atoms with Gasteiger partial charge in [-0.1, -0.05) is 0 Å². The third kappa shape index (κ3) is 3.43. The van der Waals surface area contributed by atoms with E-state index in [2.05, 4.69) is 21.7 Å². The average molecular weight is 230 g/mol. The first-order valence-corrected chi connectivity index (χ1v) is 6.11. The van der Waals surface area contributed by atoms with Crippen molar-refractivity contribution in [2.75, 3.05) is 25.0 Å². The monoisotopic (exact) mass is 230 g/mol. The highest BCUT2D eigenvalue weighted by Crippen LogP contribution is 2.14. The molecular formula is C13H18N4. The predicted molar refractivity (Wildman–Crippen MR) is 67.8 cm³/mol. The molecule has 2 rings (SSSR count). The summed E-state index contributed by atoms with van der Waals surface area (Å²) in [7, 11) is 0. The molecule has 1 aliphatic heterocycles. The van der Waals surface area contributed by atoms with Crippen molar-refractivity contribution in [3.63, 3.8) is 0 Å². The Kier molecular flexibility index (Phi) is 3.94. The molecule has 17 heavy (non-hydrogen) atoms. The van der Waals surface area contributed by atoms with E-state index in [-0.39, 0.29) is 0 Å². The Labute approximate surface area is 102 Å². The molecule has 4 nitrogen and oxygen atoms in total. The van der Waals surface area contributed by atoms with Crippen LogP contribution in [-0.2, 0) is 0 Å². The largest absolute Gasteiger partial charge is 0.370 e. The van der Waals surface area contributed by atoms with E-state index in [9.17, 15) is 0 Å². The van der Waals surface area contributed by atoms with Gasteiger partial charge in [-0.25, -0.2) is 4.98 Å². The third-order valence-corrected chi connectivity index (χ3v) is 3.11. The number of anilines is 1. The van der Waals surface area contributed by atoms with Gasteiger partial charge in [0, 0.05) is 12.2 Å². The highest BCUT2D eigenvalue weighted by Gasteiger charge is 2.12. The molecule has 0 aliphatic carbocycles. The first-order chi connectivity index (χ1) is 8.28. The van der Waals surface area contributed by atoms with Gasteiger partial charge in [0.15, 0.2) is 0 Å². The van der Waals surface area contributed by atoms with Gasteiger partial charge < -0.3 is 10.6 Å². The van der Waals surface area contributed by atoms with Gasteiger partial charge in [-0.2, -0.15) is 5.26 Å². The summed E-state index contributed by atoms with van der Waals surface area (Å²) in [6.07, 6.45) is 2.42. The molecular weight excluding hydrogens is 212 g/mol. The first-order valence-electron chi connectivity index (χ1n) is 6.11. The van der Waals surface area contributed by atoms with Crippen LogP contribution < -0.4 is 10.6 Å². The molecule has 1 aromatic heterocycles. The van der Waals surface area contributed by atoms with Crippen LogP contribution in [0.5, 0.6) is 0 Å². The highest BCUT2D eigenvalue weighted by molar-refractivity contribution is 5.44. The number of rotatable bonds is 3. The fourth-order valence-corrected chi connectivity index (χ4v) is 2.16. The topological polar surface area (TPSA) is 60.7 Å². The van der Waals surface area contributed by atoms with Gasteiger partial charge in [-0.05, 0) is 50.9 Å². The molecule has 0 spiro atoms. The normalized spacial score (nSPS) is 16.5. The molecule has 0 unspecified atom stereocenters. The number of piperidine rings is 1. The molecule has 0 bridgehead atoms. The number of hydrogen-bond acceptors (Lipinski definition) is 4. The van der Waals surface area contributed by atoms with Crippen molar-refractivity contribution < 1.29 is 0 Å². The van der Waals surface area contributed by atoms with Crippen molar-refractivity contribution in [2.24, 2.45) is 5.92 Å². The SMILES string of the molecule is Cc1cc(C#N)cc(NCC2CCNCC2)n1. The number of pyridine rings is 1. The van der Waals surface area contributed by atoms with Crippen LogP contribution in [0.1, 0.15) is 24.1 Å². The number of aromatic nitrogens is 1. The minimum absolute atomic E-state index is 0.672. The van der Waals surface area contributed by atoms with E-state index in [1.807, 2.05) is 13.0 Å². The second-order valence-corrected chi connectivity index (χ2v) is 4.57. The van der Waals surface area contributed by atoms with Crippen LogP contribution in [0.4, 0.5) is 5.82 Å². The van der Waals surface area contributed by atoms with E-state index in [0.29, 0.717) is 11.5 Å². The van der Waals surface area contributed by atoms with E-state index >= 15 is 0 Å². The fourth-order valence-electron chi connectivity index (χ4n) is 2.16. The number of nitrogens with one attached hydrogen (secondary N) is 2. The van der Waals surface area contributed by atoms with Gasteiger partial charge in [0.05, 0.1) is 11.6 Å². The Hall–Kier alpha value is -1.60.